The van der Waals surface area contributed by atoms with Crippen LogP contribution in [0.3, 0.4) is 0 Å². The summed E-state index contributed by atoms with van der Waals surface area (Å²) < 4.78 is 25.8. The molecule has 0 spiro atoms. The van der Waals surface area contributed by atoms with Gasteiger partial charge in [0.1, 0.15) is 5.75 Å². The van der Waals surface area contributed by atoms with Gasteiger partial charge in [0.25, 0.3) is 5.82 Å². The highest BCUT2D eigenvalue weighted by molar-refractivity contribution is 7.89. The third kappa shape index (κ3) is 2.82. The van der Waals surface area contributed by atoms with E-state index in [9.17, 15) is 13.2 Å². The molecule has 13 heavy (non-hydrogen) atoms. The van der Waals surface area contributed by atoms with Crippen molar-refractivity contribution in [3.05, 3.63) is 11.7 Å². The topological polar surface area (TPSA) is 110 Å². The van der Waals surface area contributed by atoms with Crippen LogP contribution in [0.25, 0.3) is 0 Å². The van der Waals surface area contributed by atoms with Crippen LogP contribution in [-0.4, -0.2) is 35.9 Å². The van der Waals surface area contributed by atoms with Crippen LogP contribution in [0.2, 0.25) is 0 Å². The number of hydrogen-bond donors (Lipinski definition) is 1. The van der Waals surface area contributed by atoms with Gasteiger partial charge in [-0.05, 0) is 5.16 Å². The Morgan fingerprint density at radius 2 is 2.23 bits per heavy atom. The Balaban J connectivity index is 2.87. The van der Waals surface area contributed by atoms with Gasteiger partial charge in [0, 0.05) is 6.26 Å². The van der Waals surface area contributed by atoms with Gasteiger partial charge in [0.2, 0.25) is 5.89 Å². The van der Waals surface area contributed by atoms with Crippen molar-refractivity contribution in [3.8, 4) is 0 Å². The smallest absolute Gasteiger partial charge is 0.377 e. The molecule has 1 rings (SSSR count). The largest absolute Gasteiger partial charge is 0.475 e. The molecule has 0 amide bonds. The summed E-state index contributed by atoms with van der Waals surface area (Å²) in [6.07, 6.45) is 0.984. The van der Waals surface area contributed by atoms with Crippen molar-refractivity contribution in [2.24, 2.45) is 0 Å². The number of rotatable bonds is 3. The fraction of sp³-hybridized carbons (Fsp3) is 0.400. The normalized spacial score (nSPS) is 11.5. The monoisotopic (exact) mass is 206 g/mol. The zero-order chi connectivity index (χ0) is 10.1. The molecule has 1 aromatic rings. The minimum Gasteiger partial charge on any atom is -0.475 e. The maximum Gasteiger partial charge on any atom is 0.377 e. The van der Waals surface area contributed by atoms with Crippen LogP contribution >= 0.6 is 0 Å². The van der Waals surface area contributed by atoms with Crippen LogP contribution in [0, 0.1) is 0 Å². The Labute approximate surface area is 73.3 Å². The Morgan fingerprint density at radius 1 is 1.62 bits per heavy atom. The molecule has 7 nitrogen and oxygen atoms in total. The van der Waals surface area contributed by atoms with E-state index in [2.05, 4.69) is 14.7 Å². The summed E-state index contributed by atoms with van der Waals surface area (Å²) in [6, 6.07) is 0. The highest BCUT2D eigenvalue weighted by Crippen LogP contribution is 2.01. The molecule has 0 fully saturated rings. The summed E-state index contributed by atoms with van der Waals surface area (Å²) >= 11 is 0. The van der Waals surface area contributed by atoms with Gasteiger partial charge >= 0.3 is 5.97 Å². The number of carboxylic acid groups (broad SMARTS) is 1. The highest BCUT2D eigenvalue weighted by Gasteiger charge is 2.16. The van der Waals surface area contributed by atoms with E-state index < -0.39 is 27.4 Å². The summed E-state index contributed by atoms with van der Waals surface area (Å²) in [5.41, 5.74) is 0. The molecule has 1 heterocycles. The summed E-state index contributed by atoms with van der Waals surface area (Å²) in [5.74, 6) is -2.57. The minimum atomic E-state index is -3.28. The van der Waals surface area contributed by atoms with Gasteiger partial charge < -0.3 is 9.63 Å². The first-order chi connectivity index (χ1) is 5.88. The first-order valence-electron chi connectivity index (χ1n) is 3.12. The molecule has 0 bridgehead atoms. The Hall–Kier alpha value is -1.44. The van der Waals surface area contributed by atoms with Crippen LogP contribution in [0.4, 0.5) is 0 Å². The molecule has 0 atom stereocenters. The molecule has 0 aliphatic rings. The van der Waals surface area contributed by atoms with E-state index in [0.29, 0.717) is 0 Å². The lowest BCUT2D eigenvalue weighted by Crippen LogP contribution is -2.02. The molecule has 72 valence electrons. The number of hydrogen-bond acceptors (Lipinski definition) is 6. The Morgan fingerprint density at radius 3 is 2.62 bits per heavy atom. The molecule has 0 radical (unpaired) electrons. The third-order valence-corrected chi connectivity index (χ3v) is 1.82. The number of aromatic nitrogens is 2. The molecule has 1 aromatic heterocycles. The van der Waals surface area contributed by atoms with Crippen LogP contribution in [0.1, 0.15) is 16.5 Å². The average Bonchev–Trinajstić information content (AvgIpc) is 2.31. The Bertz CT molecular complexity index is 420. The van der Waals surface area contributed by atoms with E-state index >= 15 is 0 Å². The van der Waals surface area contributed by atoms with Gasteiger partial charge in [-0.25, -0.2) is 13.2 Å². The number of carboxylic acids is 1. The van der Waals surface area contributed by atoms with Crippen LogP contribution in [0.15, 0.2) is 4.52 Å². The fourth-order valence-corrected chi connectivity index (χ4v) is 1.19. The van der Waals surface area contributed by atoms with Gasteiger partial charge in [0.15, 0.2) is 9.84 Å². The summed E-state index contributed by atoms with van der Waals surface area (Å²) in [7, 11) is -3.28. The van der Waals surface area contributed by atoms with Crippen LogP contribution in [-0.2, 0) is 15.6 Å². The van der Waals surface area contributed by atoms with Crippen molar-refractivity contribution in [1.29, 1.82) is 0 Å². The second-order valence-corrected chi connectivity index (χ2v) is 4.53. The number of sulfone groups is 1. The lowest BCUT2D eigenvalue weighted by molar-refractivity contribution is 0.0680. The van der Waals surface area contributed by atoms with E-state index in [1.807, 2.05) is 0 Å². The average molecular weight is 206 g/mol. The zero-order valence-electron chi connectivity index (χ0n) is 6.59. The first kappa shape index (κ1) is 9.65. The number of aromatic carboxylic acids is 1. The molecule has 8 heteroatoms. The van der Waals surface area contributed by atoms with E-state index in [-0.39, 0.29) is 5.89 Å². The zero-order valence-corrected chi connectivity index (χ0v) is 7.41. The van der Waals surface area contributed by atoms with Gasteiger partial charge in [-0.15, -0.1) is 0 Å². The Kier molecular flexibility index (Phi) is 2.32. The van der Waals surface area contributed by atoms with Crippen molar-refractivity contribution < 1.29 is 22.8 Å². The van der Waals surface area contributed by atoms with Crippen molar-refractivity contribution in [2.75, 3.05) is 6.26 Å². The molecule has 0 unspecified atom stereocenters. The second kappa shape index (κ2) is 3.13. The minimum absolute atomic E-state index is 0.222. The molecule has 0 aromatic carbocycles. The van der Waals surface area contributed by atoms with E-state index in [4.69, 9.17) is 5.11 Å². The van der Waals surface area contributed by atoms with E-state index in [1.54, 1.807) is 0 Å². The first-order valence-corrected chi connectivity index (χ1v) is 5.18. The molecule has 0 saturated carbocycles. The van der Waals surface area contributed by atoms with Crippen molar-refractivity contribution in [1.82, 2.24) is 10.1 Å². The molecule has 0 aliphatic heterocycles. The molecule has 1 N–H and O–H groups in total. The number of carbonyl (C=O) groups is 1. The predicted octanol–water partition coefficient (Wildman–Crippen LogP) is -0.688. The van der Waals surface area contributed by atoms with Gasteiger partial charge in [-0.2, -0.15) is 4.98 Å². The maximum absolute atomic E-state index is 10.7. The van der Waals surface area contributed by atoms with Gasteiger partial charge in [0.05, 0.1) is 0 Å². The maximum atomic E-state index is 10.7. The van der Waals surface area contributed by atoms with E-state index in [1.165, 1.54) is 0 Å². The second-order valence-electron chi connectivity index (χ2n) is 2.39. The molecular weight excluding hydrogens is 200 g/mol. The molecular formula is C5H6N2O5S. The predicted molar refractivity (Wildman–Crippen MR) is 39.8 cm³/mol. The standard InChI is InChI=1S/C5H6N2O5S/c1-13(10,11)2-3-6-4(5(8)9)7-12-3/h2H2,1H3,(H,8,9). The lowest BCUT2D eigenvalue weighted by Gasteiger charge is -1.87. The fourth-order valence-electron chi connectivity index (χ4n) is 0.625. The molecule has 0 aliphatic carbocycles. The van der Waals surface area contributed by atoms with Gasteiger partial charge in [-0.3, -0.25) is 0 Å². The summed E-state index contributed by atoms with van der Waals surface area (Å²) in [5, 5.41) is 11.4. The van der Waals surface area contributed by atoms with E-state index in [0.717, 1.165) is 6.26 Å². The third-order valence-electron chi connectivity index (χ3n) is 1.05. The lowest BCUT2D eigenvalue weighted by atomic mass is 10.6. The van der Waals surface area contributed by atoms with Gasteiger partial charge in [-0.1, -0.05) is 0 Å². The van der Waals surface area contributed by atoms with Crippen LogP contribution in [0.5, 0.6) is 0 Å². The van der Waals surface area contributed by atoms with Crippen molar-refractivity contribution >= 4 is 15.8 Å². The SMILES string of the molecule is CS(=O)(=O)Cc1nc(C(=O)O)no1. The summed E-state index contributed by atoms with van der Waals surface area (Å²) in [4.78, 5) is 13.6. The summed E-state index contributed by atoms with van der Waals surface area (Å²) in [6.45, 7) is 0. The van der Waals surface area contributed by atoms with Crippen molar-refractivity contribution in [2.45, 2.75) is 5.75 Å². The van der Waals surface area contributed by atoms with Crippen molar-refractivity contribution in [3.63, 3.8) is 0 Å². The molecule has 0 saturated heterocycles. The van der Waals surface area contributed by atoms with Crippen LogP contribution < -0.4 is 0 Å². The number of nitrogens with zero attached hydrogens (tertiary/aromatic N) is 2. The quantitative estimate of drug-likeness (QED) is 0.696. The highest BCUT2D eigenvalue weighted by atomic mass is 32.2.